The molecule has 0 saturated carbocycles. The van der Waals surface area contributed by atoms with Crippen LogP contribution in [0.5, 0.6) is 5.75 Å². The first-order chi connectivity index (χ1) is 8.88. The zero-order valence-electron chi connectivity index (χ0n) is 10.9. The number of hydrogen-bond acceptors (Lipinski definition) is 2. The highest BCUT2D eigenvalue weighted by atomic mass is 35.5. The Kier molecular flexibility index (Phi) is 4.46. The molecule has 2 aromatic rings. The van der Waals surface area contributed by atoms with Crippen molar-refractivity contribution in [2.45, 2.75) is 12.5 Å². The molecule has 1 heterocycles. The summed E-state index contributed by atoms with van der Waals surface area (Å²) in [6.07, 6.45) is 1.09. The molecular weight excluding hydrogens is 258 g/mol. The first-order valence-electron chi connectivity index (χ1n) is 6.33. The van der Waals surface area contributed by atoms with Gasteiger partial charge in [0, 0.05) is 6.54 Å². The zero-order valence-corrected chi connectivity index (χ0v) is 11.7. The SMILES string of the molecule is COc1ccc2c(c1)C(c1ccccc1)NCC2.Cl. The summed E-state index contributed by atoms with van der Waals surface area (Å²) in [7, 11) is 1.72. The van der Waals surface area contributed by atoms with E-state index in [-0.39, 0.29) is 18.4 Å². The first kappa shape index (κ1) is 13.9. The normalized spacial score (nSPS) is 17.2. The molecule has 0 fully saturated rings. The van der Waals surface area contributed by atoms with Gasteiger partial charge < -0.3 is 10.1 Å². The van der Waals surface area contributed by atoms with Crippen LogP contribution in [0.4, 0.5) is 0 Å². The van der Waals surface area contributed by atoms with Crippen molar-refractivity contribution in [1.82, 2.24) is 5.32 Å². The monoisotopic (exact) mass is 275 g/mol. The first-order valence-corrected chi connectivity index (χ1v) is 6.33. The molecule has 1 aliphatic rings. The predicted octanol–water partition coefficient (Wildman–Crippen LogP) is 3.35. The largest absolute Gasteiger partial charge is 0.497 e. The molecular formula is C16H18ClNO. The van der Waals surface area contributed by atoms with Gasteiger partial charge in [0.25, 0.3) is 0 Å². The van der Waals surface area contributed by atoms with Crippen LogP contribution in [0.3, 0.4) is 0 Å². The summed E-state index contributed by atoms with van der Waals surface area (Å²) in [5.74, 6) is 0.929. The molecule has 0 spiro atoms. The van der Waals surface area contributed by atoms with Gasteiger partial charge in [-0.3, -0.25) is 0 Å². The molecule has 0 aliphatic carbocycles. The number of benzene rings is 2. The second-order valence-corrected chi connectivity index (χ2v) is 4.61. The van der Waals surface area contributed by atoms with Crippen molar-refractivity contribution >= 4 is 12.4 Å². The Balaban J connectivity index is 0.00000133. The molecule has 0 bridgehead atoms. The van der Waals surface area contributed by atoms with Crippen LogP contribution in [0.1, 0.15) is 22.7 Å². The Hall–Kier alpha value is -1.51. The minimum absolute atomic E-state index is 0. The van der Waals surface area contributed by atoms with E-state index in [4.69, 9.17) is 4.74 Å². The van der Waals surface area contributed by atoms with Crippen LogP contribution >= 0.6 is 12.4 Å². The highest BCUT2D eigenvalue weighted by Crippen LogP contribution is 2.31. The maximum atomic E-state index is 5.34. The van der Waals surface area contributed by atoms with Crippen LogP contribution in [0.25, 0.3) is 0 Å². The maximum absolute atomic E-state index is 5.34. The number of methoxy groups -OCH3 is 1. The summed E-state index contributed by atoms with van der Waals surface area (Å²) in [4.78, 5) is 0. The highest BCUT2D eigenvalue weighted by molar-refractivity contribution is 5.85. The second kappa shape index (κ2) is 6.09. The average molecular weight is 276 g/mol. The number of nitrogens with one attached hydrogen (secondary N) is 1. The molecule has 3 heteroatoms. The second-order valence-electron chi connectivity index (χ2n) is 4.61. The lowest BCUT2D eigenvalue weighted by Crippen LogP contribution is -2.30. The summed E-state index contributed by atoms with van der Waals surface area (Å²) >= 11 is 0. The van der Waals surface area contributed by atoms with Crippen molar-refractivity contribution in [2.24, 2.45) is 0 Å². The minimum Gasteiger partial charge on any atom is -0.497 e. The van der Waals surface area contributed by atoms with E-state index in [1.165, 1.54) is 16.7 Å². The molecule has 0 aromatic heterocycles. The van der Waals surface area contributed by atoms with Gasteiger partial charge >= 0.3 is 0 Å². The average Bonchev–Trinajstić information content (AvgIpc) is 2.47. The van der Waals surface area contributed by atoms with Crippen LogP contribution in [-0.2, 0) is 6.42 Å². The van der Waals surface area contributed by atoms with Crippen LogP contribution in [0.2, 0.25) is 0 Å². The smallest absolute Gasteiger partial charge is 0.119 e. The van der Waals surface area contributed by atoms with Gasteiger partial charge in [0.15, 0.2) is 0 Å². The van der Waals surface area contributed by atoms with Crippen molar-refractivity contribution in [3.8, 4) is 5.75 Å². The maximum Gasteiger partial charge on any atom is 0.119 e. The third-order valence-corrected chi connectivity index (χ3v) is 3.54. The quantitative estimate of drug-likeness (QED) is 0.908. The van der Waals surface area contributed by atoms with E-state index in [0.717, 1.165) is 18.7 Å². The number of ether oxygens (including phenoxy) is 1. The molecule has 1 unspecified atom stereocenters. The Bertz CT molecular complexity index is 542. The fourth-order valence-electron chi connectivity index (χ4n) is 2.60. The van der Waals surface area contributed by atoms with Crippen LogP contribution in [-0.4, -0.2) is 13.7 Å². The Morgan fingerprint density at radius 1 is 1.11 bits per heavy atom. The third-order valence-electron chi connectivity index (χ3n) is 3.54. The van der Waals surface area contributed by atoms with Crippen molar-refractivity contribution in [3.05, 3.63) is 65.2 Å². The van der Waals surface area contributed by atoms with Gasteiger partial charge in [0.05, 0.1) is 13.2 Å². The summed E-state index contributed by atoms with van der Waals surface area (Å²) in [6, 6.07) is 17.2. The molecule has 1 N–H and O–H groups in total. The van der Waals surface area contributed by atoms with E-state index in [1.54, 1.807) is 7.11 Å². The number of rotatable bonds is 2. The lowest BCUT2D eigenvalue weighted by atomic mass is 9.90. The van der Waals surface area contributed by atoms with Gasteiger partial charge in [-0.15, -0.1) is 12.4 Å². The summed E-state index contributed by atoms with van der Waals surface area (Å²) in [6.45, 7) is 1.03. The molecule has 1 aliphatic heterocycles. The zero-order chi connectivity index (χ0) is 12.4. The Morgan fingerprint density at radius 3 is 2.63 bits per heavy atom. The molecule has 100 valence electrons. The van der Waals surface area contributed by atoms with Crippen LogP contribution in [0.15, 0.2) is 48.5 Å². The van der Waals surface area contributed by atoms with Gasteiger partial charge in [0.1, 0.15) is 5.75 Å². The van der Waals surface area contributed by atoms with Crippen molar-refractivity contribution in [2.75, 3.05) is 13.7 Å². The third kappa shape index (κ3) is 2.75. The molecule has 0 saturated heterocycles. The van der Waals surface area contributed by atoms with Crippen LogP contribution in [0, 0.1) is 0 Å². The van der Waals surface area contributed by atoms with E-state index in [0.29, 0.717) is 0 Å². The van der Waals surface area contributed by atoms with Gasteiger partial charge in [-0.25, -0.2) is 0 Å². The molecule has 2 aromatic carbocycles. The topological polar surface area (TPSA) is 21.3 Å². The number of halogens is 1. The minimum atomic E-state index is 0. The molecule has 2 nitrogen and oxygen atoms in total. The summed E-state index contributed by atoms with van der Waals surface area (Å²) in [5, 5.41) is 3.59. The highest BCUT2D eigenvalue weighted by Gasteiger charge is 2.21. The number of hydrogen-bond donors (Lipinski definition) is 1. The summed E-state index contributed by atoms with van der Waals surface area (Å²) < 4.78 is 5.34. The van der Waals surface area contributed by atoms with Crippen molar-refractivity contribution < 1.29 is 4.74 Å². The number of fused-ring (bicyclic) bond motifs is 1. The molecule has 0 radical (unpaired) electrons. The van der Waals surface area contributed by atoms with Gasteiger partial charge in [-0.2, -0.15) is 0 Å². The van der Waals surface area contributed by atoms with E-state index in [9.17, 15) is 0 Å². The van der Waals surface area contributed by atoms with E-state index >= 15 is 0 Å². The molecule has 19 heavy (non-hydrogen) atoms. The van der Waals surface area contributed by atoms with Crippen molar-refractivity contribution in [3.63, 3.8) is 0 Å². The molecule has 0 amide bonds. The lowest BCUT2D eigenvalue weighted by Gasteiger charge is -2.27. The van der Waals surface area contributed by atoms with E-state index in [1.807, 2.05) is 6.07 Å². The van der Waals surface area contributed by atoms with E-state index < -0.39 is 0 Å². The van der Waals surface area contributed by atoms with Crippen LogP contribution < -0.4 is 10.1 Å². The molecule has 3 rings (SSSR count). The fourth-order valence-corrected chi connectivity index (χ4v) is 2.60. The Labute approximate surface area is 120 Å². The lowest BCUT2D eigenvalue weighted by molar-refractivity contribution is 0.412. The summed E-state index contributed by atoms with van der Waals surface area (Å²) in [5.41, 5.74) is 4.07. The standard InChI is InChI=1S/C16H17NO.ClH/c1-18-14-8-7-12-9-10-17-16(15(12)11-14)13-5-3-2-4-6-13;/h2-8,11,16-17H,9-10H2,1H3;1H. The predicted molar refractivity (Wildman–Crippen MR) is 80.2 cm³/mol. The van der Waals surface area contributed by atoms with Gasteiger partial charge in [-0.1, -0.05) is 36.4 Å². The fraction of sp³-hybridized carbons (Fsp3) is 0.250. The molecule has 1 atom stereocenters. The van der Waals surface area contributed by atoms with Gasteiger partial charge in [0.2, 0.25) is 0 Å². The van der Waals surface area contributed by atoms with Crippen molar-refractivity contribution in [1.29, 1.82) is 0 Å². The Morgan fingerprint density at radius 2 is 1.89 bits per heavy atom. The van der Waals surface area contributed by atoms with E-state index in [2.05, 4.69) is 47.8 Å². The van der Waals surface area contributed by atoms with Gasteiger partial charge in [-0.05, 0) is 35.2 Å².